The number of halogens is 1. The van der Waals surface area contributed by atoms with E-state index in [1.807, 2.05) is 32.9 Å². The Kier molecular flexibility index (Phi) is 5.22. The molecule has 1 amide bonds. The molecule has 1 aromatic heterocycles. The van der Waals surface area contributed by atoms with E-state index in [1.54, 1.807) is 11.1 Å². The smallest absolute Gasteiger partial charge is 0.410 e. The minimum Gasteiger partial charge on any atom is -0.444 e. The number of pyridine rings is 1. The number of likely N-dealkylation sites (tertiary alicyclic amines) is 1. The fourth-order valence-corrected chi connectivity index (χ4v) is 2.65. The number of ether oxygens (including phenoxy) is 1. The molecule has 116 valence electrons. The summed E-state index contributed by atoms with van der Waals surface area (Å²) in [6.07, 6.45) is 2.51. The number of hydrogen-bond donors (Lipinski definition) is 1. The van der Waals surface area contributed by atoms with Crippen LogP contribution in [0.1, 0.15) is 32.8 Å². The molecule has 1 saturated heterocycles. The number of aromatic nitrogens is 1. The quantitative estimate of drug-likeness (QED) is 0.847. The average molecular weight is 356 g/mol. The Labute approximate surface area is 134 Å². The lowest BCUT2D eigenvalue weighted by Crippen LogP contribution is -2.38. The summed E-state index contributed by atoms with van der Waals surface area (Å²) in [5, 5.41) is 3.47. The van der Waals surface area contributed by atoms with Gasteiger partial charge in [0.15, 0.2) is 0 Å². The number of nitrogens with one attached hydrogen (secondary N) is 1. The van der Waals surface area contributed by atoms with E-state index in [2.05, 4.69) is 26.2 Å². The van der Waals surface area contributed by atoms with Gasteiger partial charge in [-0.25, -0.2) is 9.78 Å². The summed E-state index contributed by atoms with van der Waals surface area (Å²) in [5.41, 5.74) is 0.735. The molecule has 6 heteroatoms. The molecule has 1 aliphatic heterocycles. The van der Waals surface area contributed by atoms with Gasteiger partial charge in [-0.3, -0.25) is 0 Å². The van der Waals surface area contributed by atoms with E-state index in [-0.39, 0.29) is 6.09 Å². The van der Waals surface area contributed by atoms with Crippen molar-refractivity contribution in [2.45, 2.75) is 45.4 Å². The maximum atomic E-state index is 12.0. The molecule has 0 saturated carbocycles. The van der Waals surface area contributed by atoms with Gasteiger partial charge in [-0.05, 0) is 60.8 Å². The van der Waals surface area contributed by atoms with Crippen molar-refractivity contribution in [3.63, 3.8) is 0 Å². The Morgan fingerprint density at radius 1 is 1.57 bits per heavy atom. The third-order valence-corrected chi connectivity index (χ3v) is 3.66. The van der Waals surface area contributed by atoms with Crippen molar-refractivity contribution in [2.75, 3.05) is 13.1 Å². The number of carbonyl (C=O) groups excluding carboxylic acids is 1. The Morgan fingerprint density at radius 2 is 2.33 bits per heavy atom. The van der Waals surface area contributed by atoms with Crippen LogP contribution < -0.4 is 5.32 Å². The highest BCUT2D eigenvalue weighted by molar-refractivity contribution is 9.10. The van der Waals surface area contributed by atoms with Crippen LogP contribution in [0.25, 0.3) is 0 Å². The van der Waals surface area contributed by atoms with Gasteiger partial charge >= 0.3 is 6.09 Å². The second-order valence-electron chi connectivity index (χ2n) is 6.28. The average Bonchev–Trinajstić information content (AvgIpc) is 2.83. The number of hydrogen-bond acceptors (Lipinski definition) is 4. The molecule has 2 rings (SSSR count). The predicted molar refractivity (Wildman–Crippen MR) is 85.0 cm³/mol. The largest absolute Gasteiger partial charge is 0.444 e. The molecule has 21 heavy (non-hydrogen) atoms. The molecule has 1 atom stereocenters. The lowest BCUT2D eigenvalue weighted by atomic mass is 10.2. The highest BCUT2D eigenvalue weighted by Gasteiger charge is 2.29. The second-order valence-corrected chi connectivity index (χ2v) is 7.09. The molecule has 0 unspecified atom stereocenters. The molecule has 0 bridgehead atoms. The van der Waals surface area contributed by atoms with Gasteiger partial charge in [-0.2, -0.15) is 0 Å². The van der Waals surface area contributed by atoms with Gasteiger partial charge < -0.3 is 15.0 Å². The molecule has 0 aromatic carbocycles. The number of rotatable bonds is 3. The highest BCUT2D eigenvalue weighted by Crippen LogP contribution is 2.16. The maximum Gasteiger partial charge on any atom is 0.410 e. The van der Waals surface area contributed by atoms with E-state index in [1.165, 1.54) is 5.56 Å². The summed E-state index contributed by atoms with van der Waals surface area (Å²) in [5.74, 6) is 0. The SMILES string of the molecule is CC(C)(C)OC(=O)N1CC[C@@H](NCc2ccnc(Br)c2)C1. The number of amides is 1. The first-order chi connectivity index (χ1) is 9.83. The van der Waals surface area contributed by atoms with Gasteiger partial charge in [0.05, 0.1) is 0 Å². The molecule has 1 fully saturated rings. The molecule has 0 aliphatic carbocycles. The van der Waals surface area contributed by atoms with Crippen LogP contribution in [0.15, 0.2) is 22.9 Å². The summed E-state index contributed by atoms with van der Waals surface area (Å²) in [6, 6.07) is 4.29. The molecule has 5 nitrogen and oxygen atoms in total. The molecular formula is C15H22BrN3O2. The Hall–Kier alpha value is -1.14. The first kappa shape index (κ1) is 16.2. The van der Waals surface area contributed by atoms with Crippen LogP contribution in [0.4, 0.5) is 4.79 Å². The van der Waals surface area contributed by atoms with Gasteiger partial charge in [0.2, 0.25) is 0 Å². The Bertz CT molecular complexity index is 502. The first-order valence-corrected chi connectivity index (χ1v) is 7.94. The highest BCUT2D eigenvalue weighted by atomic mass is 79.9. The van der Waals surface area contributed by atoms with Gasteiger partial charge in [0, 0.05) is 31.9 Å². The minimum absolute atomic E-state index is 0.224. The van der Waals surface area contributed by atoms with E-state index in [9.17, 15) is 4.79 Å². The van der Waals surface area contributed by atoms with Crippen LogP contribution in [0.2, 0.25) is 0 Å². The summed E-state index contributed by atoms with van der Waals surface area (Å²) in [7, 11) is 0. The molecule has 1 N–H and O–H groups in total. The molecular weight excluding hydrogens is 334 g/mol. The molecule has 0 radical (unpaired) electrons. The topological polar surface area (TPSA) is 54.5 Å². The first-order valence-electron chi connectivity index (χ1n) is 7.15. The standard InChI is InChI=1S/C15H22BrN3O2/c1-15(2,3)21-14(20)19-7-5-12(10-19)18-9-11-4-6-17-13(16)8-11/h4,6,8,12,18H,5,7,9-10H2,1-3H3/t12-/m1/s1. The lowest BCUT2D eigenvalue weighted by Gasteiger charge is -2.24. The van der Waals surface area contributed by atoms with Crippen LogP contribution in [-0.2, 0) is 11.3 Å². The molecule has 1 aliphatic rings. The zero-order valence-electron chi connectivity index (χ0n) is 12.7. The van der Waals surface area contributed by atoms with Crippen LogP contribution in [0.3, 0.4) is 0 Å². The van der Waals surface area contributed by atoms with E-state index < -0.39 is 5.60 Å². The van der Waals surface area contributed by atoms with E-state index >= 15 is 0 Å². The zero-order chi connectivity index (χ0) is 15.5. The van der Waals surface area contributed by atoms with Crippen molar-refractivity contribution in [1.82, 2.24) is 15.2 Å². The second kappa shape index (κ2) is 6.75. The Morgan fingerprint density at radius 3 is 3.00 bits per heavy atom. The van der Waals surface area contributed by atoms with Crippen LogP contribution in [-0.4, -0.2) is 40.7 Å². The fourth-order valence-electron chi connectivity index (χ4n) is 2.23. The maximum absolute atomic E-state index is 12.0. The minimum atomic E-state index is -0.439. The van der Waals surface area contributed by atoms with Gasteiger partial charge in [0.25, 0.3) is 0 Å². The van der Waals surface area contributed by atoms with E-state index in [4.69, 9.17) is 4.74 Å². The fraction of sp³-hybridized carbons (Fsp3) is 0.600. The van der Waals surface area contributed by atoms with Gasteiger partial charge in [-0.15, -0.1) is 0 Å². The summed E-state index contributed by atoms with van der Waals surface area (Å²) < 4.78 is 6.23. The summed E-state index contributed by atoms with van der Waals surface area (Å²) >= 11 is 3.36. The van der Waals surface area contributed by atoms with E-state index in [0.29, 0.717) is 12.6 Å². The number of nitrogens with zero attached hydrogens (tertiary/aromatic N) is 2. The van der Waals surface area contributed by atoms with Crippen molar-refractivity contribution >= 4 is 22.0 Å². The van der Waals surface area contributed by atoms with Gasteiger partial charge in [-0.1, -0.05) is 0 Å². The van der Waals surface area contributed by atoms with E-state index in [0.717, 1.165) is 24.1 Å². The normalized spacial score (nSPS) is 18.9. The number of carbonyl (C=O) groups is 1. The lowest BCUT2D eigenvalue weighted by molar-refractivity contribution is 0.0291. The van der Waals surface area contributed by atoms with Crippen LogP contribution in [0.5, 0.6) is 0 Å². The van der Waals surface area contributed by atoms with Gasteiger partial charge in [0.1, 0.15) is 10.2 Å². The Balaban J connectivity index is 1.79. The van der Waals surface area contributed by atoms with Crippen molar-refractivity contribution in [1.29, 1.82) is 0 Å². The van der Waals surface area contributed by atoms with Crippen molar-refractivity contribution in [3.8, 4) is 0 Å². The summed E-state index contributed by atoms with van der Waals surface area (Å²) in [4.78, 5) is 17.9. The van der Waals surface area contributed by atoms with Crippen molar-refractivity contribution in [2.24, 2.45) is 0 Å². The molecule has 0 spiro atoms. The van der Waals surface area contributed by atoms with Crippen molar-refractivity contribution in [3.05, 3.63) is 28.5 Å². The zero-order valence-corrected chi connectivity index (χ0v) is 14.3. The third kappa shape index (κ3) is 5.28. The van der Waals surface area contributed by atoms with Crippen molar-refractivity contribution < 1.29 is 9.53 Å². The molecule has 2 heterocycles. The monoisotopic (exact) mass is 355 g/mol. The van der Waals surface area contributed by atoms with Crippen LogP contribution >= 0.6 is 15.9 Å². The predicted octanol–water partition coefficient (Wildman–Crippen LogP) is 2.94. The van der Waals surface area contributed by atoms with Crippen LogP contribution in [0, 0.1) is 0 Å². The summed E-state index contributed by atoms with van der Waals surface area (Å²) in [6.45, 7) is 7.87. The molecule has 1 aromatic rings. The third-order valence-electron chi connectivity index (χ3n) is 3.23.